The van der Waals surface area contributed by atoms with Gasteiger partial charge < -0.3 is 5.32 Å². The van der Waals surface area contributed by atoms with E-state index >= 15 is 0 Å². The van der Waals surface area contributed by atoms with Crippen LogP contribution < -0.4 is 5.32 Å². The van der Waals surface area contributed by atoms with E-state index in [9.17, 15) is 4.79 Å². The number of pyridine rings is 1. The predicted molar refractivity (Wildman–Crippen MR) is 122 cm³/mol. The van der Waals surface area contributed by atoms with Gasteiger partial charge in [-0.05, 0) is 55.0 Å². The molecule has 0 saturated heterocycles. The Labute approximate surface area is 182 Å². The van der Waals surface area contributed by atoms with E-state index < -0.39 is 0 Å². The van der Waals surface area contributed by atoms with Gasteiger partial charge >= 0.3 is 0 Å². The van der Waals surface area contributed by atoms with Crippen molar-refractivity contribution in [2.75, 3.05) is 5.32 Å². The summed E-state index contributed by atoms with van der Waals surface area (Å²) in [5, 5.41) is 8.33. The summed E-state index contributed by atoms with van der Waals surface area (Å²) in [6.07, 6.45) is 8.59. The summed E-state index contributed by atoms with van der Waals surface area (Å²) in [4.78, 5) is 25.8. The van der Waals surface area contributed by atoms with Crippen LogP contribution in [0.1, 0.15) is 29.7 Å². The molecule has 0 bridgehead atoms. The first-order valence-corrected chi connectivity index (χ1v) is 11.7. The summed E-state index contributed by atoms with van der Waals surface area (Å²) in [5.74, 6) is -0.107. The van der Waals surface area contributed by atoms with E-state index in [2.05, 4.69) is 38.5 Å². The van der Waals surface area contributed by atoms with Crippen LogP contribution in [0, 0.1) is 0 Å². The molecule has 0 saturated carbocycles. The van der Waals surface area contributed by atoms with Gasteiger partial charge in [-0.15, -0.1) is 22.7 Å². The first-order chi connectivity index (χ1) is 14.7. The molecule has 1 aliphatic rings. The molecule has 7 heteroatoms. The molecule has 0 unspecified atom stereocenters. The smallest absolute Gasteiger partial charge is 0.232 e. The zero-order valence-corrected chi connectivity index (χ0v) is 17.9. The molecule has 5 nitrogen and oxygen atoms in total. The maximum absolute atomic E-state index is 12.5. The molecule has 1 N–H and O–H groups in total. The highest BCUT2D eigenvalue weighted by Gasteiger charge is 2.14. The third-order valence-corrected chi connectivity index (χ3v) is 6.89. The summed E-state index contributed by atoms with van der Waals surface area (Å²) in [7, 11) is 0. The zero-order valence-electron chi connectivity index (χ0n) is 16.3. The zero-order chi connectivity index (χ0) is 20.3. The van der Waals surface area contributed by atoms with Crippen molar-refractivity contribution in [3.05, 3.63) is 70.3 Å². The lowest BCUT2D eigenvalue weighted by atomic mass is 9.90. The van der Waals surface area contributed by atoms with E-state index in [0.29, 0.717) is 5.13 Å². The number of aromatic nitrogens is 3. The lowest BCUT2D eigenvalue weighted by Gasteiger charge is -2.16. The molecule has 150 valence electrons. The summed E-state index contributed by atoms with van der Waals surface area (Å²) in [5.41, 5.74) is 6.64. The van der Waals surface area contributed by atoms with Crippen molar-refractivity contribution in [2.45, 2.75) is 32.1 Å². The van der Waals surface area contributed by atoms with Crippen LogP contribution in [0.2, 0.25) is 0 Å². The van der Waals surface area contributed by atoms with Crippen molar-refractivity contribution in [2.24, 2.45) is 0 Å². The van der Waals surface area contributed by atoms with Crippen LogP contribution in [0.25, 0.3) is 21.8 Å². The molecule has 4 aromatic rings. The minimum absolute atomic E-state index is 0.107. The van der Waals surface area contributed by atoms with Gasteiger partial charge in [0.2, 0.25) is 5.91 Å². The minimum Gasteiger partial charge on any atom is -0.302 e. The maximum atomic E-state index is 12.5. The summed E-state index contributed by atoms with van der Waals surface area (Å²) in [6.45, 7) is 0. The largest absolute Gasteiger partial charge is 0.302 e. The molecule has 5 rings (SSSR count). The Bertz CT molecular complexity index is 1180. The Morgan fingerprint density at radius 3 is 2.77 bits per heavy atom. The van der Waals surface area contributed by atoms with Crippen molar-refractivity contribution in [1.29, 1.82) is 0 Å². The monoisotopic (exact) mass is 432 g/mol. The van der Waals surface area contributed by atoms with E-state index in [1.54, 1.807) is 12.4 Å². The fourth-order valence-electron chi connectivity index (χ4n) is 3.69. The van der Waals surface area contributed by atoms with E-state index in [-0.39, 0.29) is 12.3 Å². The van der Waals surface area contributed by atoms with E-state index in [0.717, 1.165) is 33.9 Å². The van der Waals surface area contributed by atoms with Gasteiger partial charge in [0.25, 0.3) is 0 Å². The van der Waals surface area contributed by atoms with Crippen LogP contribution in [0.5, 0.6) is 0 Å². The summed E-state index contributed by atoms with van der Waals surface area (Å²) in [6, 6.07) is 10.5. The van der Waals surface area contributed by atoms with Crippen LogP contribution in [0.4, 0.5) is 5.13 Å². The van der Waals surface area contributed by atoms with Crippen LogP contribution in [-0.4, -0.2) is 20.9 Å². The second-order valence-corrected chi connectivity index (χ2v) is 9.06. The van der Waals surface area contributed by atoms with Gasteiger partial charge in [0.15, 0.2) is 5.13 Å². The lowest BCUT2D eigenvalue weighted by Crippen LogP contribution is -2.14. The first kappa shape index (κ1) is 19.1. The van der Waals surface area contributed by atoms with Gasteiger partial charge in [-0.3, -0.25) is 9.78 Å². The highest BCUT2D eigenvalue weighted by atomic mass is 32.1. The van der Waals surface area contributed by atoms with Gasteiger partial charge in [-0.1, -0.05) is 12.1 Å². The van der Waals surface area contributed by atoms with E-state index in [4.69, 9.17) is 0 Å². The number of aryl methyl sites for hydroxylation is 2. The molecule has 3 heterocycles. The lowest BCUT2D eigenvalue weighted by molar-refractivity contribution is -0.115. The number of hydrogen-bond donors (Lipinski definition) is 1. The fraction of sp³-hybridized carbons (Fsp3) is 0.217. The van der Waals surface area contributed by atoms with Crippen LogP contribution in [-0.2, 0) is 24.1 Å². The molecule has 0 atom stereocenters. The van der Waals surface area contributed by atoms with Crippen molar-refractivity contribution in [3.8, 4) is 21.8 Å². The molecule has 30 heavy (non-hydrogen) atoms. The van der Waals surface area contributed by atoms with E-state index in [1.807, 2.05) is 22.9 Å². The van der Waals surface area contributed by atoms with Gasteiger partial charge in [0.05, 0.1) is 17.8 Å². The Morgan fingerprint density at radius 2 is 1.90 bits per heavy atom. The molecular weight excluding hydrogens is 412 g/mol. The fourth-order valence-corrected chi connectivity index (χ4v) is 5.24. The second-order valence-electron chi connectivity index (χ2n) is 7.34. The number of fused-ring (bicyclic) bond motifs is 1. The topological polar surface area (TPSA) is 67.8 Å². The molecule has 1 aromatic carbocycles. The molecule has 0 radical (unpaired) electrons. The number of anilines is 1. The number of thiazole rings is 2. The maximum Gasteiger partial charge on any atom is 0.232 e. The standard InChI is InChI=1S/C23H20N4OS2/c28-21(11-19-13-29-22(25-19)18-6-3-9-24-12-18)27-23-26-20(14-30-23)17-8-7-15-4-1-2-5-16(15)10-17/h3,6-10,12-14H,1-2,4-5,11H2,(H,26,27,28). The number of nitrogens with zero attached hydrogens (tertiary/aromatic N) is 3. The third kappa shape index (κ3) is 4.17. The molecule has 0 spiro atoms. The van der Waals surface area contributed by atoms with Crippen LogP contribution >= 0.6 is 22.7 Å². The normalized spacial score (nSPS) is 13.1. The molecule has 0 aliphatic heterocycles. The first-order valence-electron chi connectivity index (χ1n) is 9.97. The van der Waals surface area contributed by atoms with E-state index in [1.165, 1.54) is 53.1 Å². The van der Waals surface area contributed by atoms with Gasteiger partial charge in [0.1, 0.15) is 5.01 Å². The highest BCUT2D eigenvalue weighted by Crippen LogP contribution is 2.30. The average molecular weight is 433 g/mol. The highest BCUT2D eigenvalue weighted by molar-refractivity contribution is 7.14. The Hall–Kier alpha value is -2.90. The molecular formula is C23H20N4OS2. The van der Waals surface area contributed by atoms with Crippen molar-refractivity contribution < 1.29 is 4.79 Å². The number of carbonyl (C=O) groups excluding carboxylic acids is 1. The second kappa shape index (κ2) is 8.45. The Kier molecular flexibility index (Phi) is 5.38. The SMILES string of the molecule is O=C(Cc1csc(-c2cccnc2)n1)Nc1nc(-c2ccc3c(c2)CCCC3)cs1. The predicted octanol–water partition coefficient (Wildman–Crippen LogP) is 5.39. The molecule has 1 aliphatic carbocycles. The molecule has 1 amide bonds. The molecule has 3 aromatic heterocycles. The quantitative estimate of drug-likeness (QED) is 0.459. The number of hydrogen-bond acceptors (Lipinski definition) is 6. The third-order valence-electron chi connectivity index (χ3n) is 5.20. The summed E-state index contributed by atoms with van der Waals surface area (Å²) < 4.78 is 0. The van der Waals surface area contributed by atoms with Crippen LogP contribution in [0.15, 0.2) is 53.5 Å². The van der Waals surface area contributed by atoms with Gasteiger partial charge in [-0.2, -0.15) is 0 Å². The molecule has 0 fully saturated rings. The van der Waals surface area contributed by atoms with Gasteiger partial charge in [-0.25, -0.2) is 9.97 Å². The van der Waals surface area contributed by atoms with Gasteiger partial charge in [0, 0.05) is 34.3 Å². The number of benzene rings is 1. The number of amides is 1. The summed E-state index contributed by atoms with van der Waals surface area (Å²) >= 11 is 2.97. The van der Waals surface area contributed by atoms with Crippen molar-refractivity contribution in [3.63, 3.8) is 0 Å². The Balaban J connectivity index is 1.24. The number of carbonyl (C=O) groups is 1. The average Bonchev–Trinajstić information content (AvgIpc) is 3.44. The van der Waals surface area contributed by atoms with Crippen molar-refractivity contribution in [1.82, 2.24) is 15.0 Å². The number of nitrogens with one attached hydrogen (secondary N) is 1. The van der Waals surface area contributed by atoms with Crippen LogP contribution in [0.3, 0.4) is 0 Å². The number of rotatable bonds is 5. The Morgan fingerprint density at radius 1 is 1.00 bits per heavy atom. The van der Waals surface area contributed by atoms with Crippen molar-refractivity contribution >= 4 is 33.7 Å². The minimum atomic E-state index is -0.107.